The average molecular weight is 465 g/mol. The minimum atomic E-state index is -0.697. The fourth-order valence-electron chi connectivity index (χ4n) is 3.39. The Morgan fingerprint density at radius 1 is 1.00 bits per heavy atom. The number of halogens is 1. The van der Waals surface area contributed by atoms with Crippen molar-refractivity contribution < 1.29 is 9.59 Å². The maximum atomic E-state index is 12.6. The number of nitrogens with two attached hydrogens (primary N) is 1. The fraction of sp³-hybridized carbons (Fsp3) is 0.125. The Balaban J connectivity index is 1.38. The van der Waals surface area contributed by atoms with Gasteiger partial charge in [0.2, 0.25) is 5.91 Å². The van der Waals surface area contributed by atoms with Crippen molar-refractivity contribution in [2.24, 2.45) is 5.73 Å². The van der Waals surface area contributed by atoms with Gasteiger partial charge in [0, 0.05) is 17.1 Å². The molecule has 0 unspecified atom stereocenters. The fourth-order valence-corrected chi connectivity index (χ4v) is 4.52. The van der Waals surface area contributed by atoms with Crippen molar-refractivity contribution in [3.63, 3.8) is 0 Å². The summed E-state index contributed by atoms with van der Waals surface area (Å²) in [5, 5.41) is 7.10. The second-order valence-corrected chi connectivity index (χ2v) is 8.87. The van der Waals surface area contributed by atoms with Crippen molar-refractivity contribution in [2.75, 3.05) is 5.32 Å². The molecule has 0 aliphatic carbocycles. The first-order valence-corrected chi connectivity index (χ1v) is 11.2. The molecule has 0 radical (unpaired) electrons. The molecule has 162 valence electrons. The number of aromatic nitrogens is 1. The largest absolute Gasteiger partial charge is 0.352 e. The van der Waals surface area contributed by atoms with Crippen molar-refractivity contribution >= 4 is 50.8 Å². The first kappa shape index (κ1) is 21.8. The Morgan fingerprint density at radius 3 is 2.41 bits per heavy atom. The average Bonchev–Trinajstić information content (AvgIpc) is 3.17. The van der Waals surface area contributed by atoms with E-state index in [2.05, 4.69) is 21.7 Å². The molecule has 1 aromatic heterocycles. The quantitative estimate of drug-likeness (QED) is 0.347. The number of hydrogen-bond donors (Lipinski definition) is 3. The van der Waals surface area contributed by atoms with E-state index in [0.717, 1.165) is 28.1 Å². The van der Waals surface area contributed by atoms with Gasteiger partial charge in [-0.2, -0.15) is 0 Å². The van der Waals surface area contributed by atoms with Crippen LogP contribution in [0.1, 0.15) is 28.6 Å². The summed E-state index contributed by atoms with van der Waals surface area (Å²) in [5.41, 5.74) is 8.82. The number of rotatable bonds is 7. The Labute approximate surface area is 194 Å². The lowest BCUT2D eigenvalue weighted by Gasteiger charge is -2.18. The van der Waals surface area contributed by atoms with Gasteiger partial charge in [0.25, 0.3) is 0 Å². The van der Waals surface area contributed by atoms with Crippen LogP contribution in [0, 0.1) is 0 Å². The highest BCUT2D eigenvalue weighted by Gasteiger charge is 2.18. The van der Waals surface area contributed by atoms with Crippen molar-refractivity contribution in [3.05, 3.63) is 94.0 Å². The molecule has 0 saturated heterocycles. The highest BCUT2D eigenvalue weighted by molar-refractivity contribution is 7.18. The molecule has 3 amide bonds. The zero-order valence-corrected chi connectivity index (χ0v) is 18.6. The summed E-state index contributed by atoms with van der Waals surface area (Å²) >= 11 is 7.61. The lowest BCUT2D eigenvalue weighted by Crippen LogP contribution is -2.35. The molecule has 0 fully saturated rings. The van der Waals surface area contributed by atoms with Gasteiger partial charge in [-0.15, -0.1) is 11.3 Å². The molecular formula is C24H21ClN4O2S. The maximum absolute atomic E-state index is 12.6. The predicted molar refractivity (Wildman–Crippen MR) is 129 cm³/mol. The number of benzene rings is 3. The van der Waals surface area contributed by atoms with Gasteiger partial charge in [-0.3, -0.25) is 4.79 Å². The van der Waals surface area contributed by atoms with Gasteiger partial charge in [0.15, 0.2) is 0 Å². The van der Waals surface area contributed by atoms with Crippen molar-refractivity contribution in [1.82, 2.24) is 10.3 Å². The monoisotopic (exact) mass is 464 g/mol. The number of nitrogens with zero attached hydrogens (tertiary/aromatic N) is 1. The van der Waals surface area contributed by atoms with Gasteiger partial charge in [-0.1, -0.05) is 48.0 Å². The number of amides is 3. The van der Waals surface area contributed by atoms with Crippen LogP contribution in [-0.4, -0.2) is 16.9 Å². The topological polar surface area (TPSA) is 97.1 Å². The summed E-state index contributed by atoms with van der Waals surface area (Å²) in [4.78, 5) is 28.6. The summed E-state index contributed by atoms with van der Waals surface area (Å²) in [6.45, 7) is 0. The molecule has 4 rings (SSSR count). The number of carbonyl (C=O) groups excluding carboxylic acids is 2. The van der Waals surface area contributed by atoms with Crippen molar-refractivity contribution in [2.45, 2.75) is 18.9 Å². The molecule has 6 nitrogen and oxygen atoms in total. The molecule has 0 saturated carbocycles. The van der Waals surface area contributed by atoms with Gasteiger partial charge in [-0.25, -0.2) is 9.78 Å². The number of fused-ring (bicyclic) bond motifs is 1. The van der Waals surface area contributed by atoms with E-state index in [9.17, 15) is 9.59 Å². The number of thiazole rings is 1. The van der Waals surface area contributed by atoms with E-state index in [1.807, 2.05) is 42.5 Å². The molecule has 0 spiro atoms. The van der Waals surface area contributed by atoms with Crippen molar-refractivity contribution in [1.29, 1.82) is 0 Å². The number of hydrogen-bond acceptors (Lipinski definition) is 4. The van der Waals surface area contributed by atoms with E-state index in [4.69, 9.17) is 17.3 Å². The summed E-state index contributed by atoms with van der Waals surface area (Å²) in [6, 6.07) is 21.4. The third-order valence-corrected chi connectivity index (χ3v) is 6.20. The molecular weight excluding hydrogens is 444 g/mol. The Kier molecular flexibility index (Phi) is 6.68. The summed E-state index contributed by atoms with van der Waals surface area (Å²) in [7, 11) is 0. The summed E-state index contributed by atoms with van der Waals surface area (Å²) in [6.07, 6.45) is 0.771. The maximum Gasteiger partial charge on any atom is 0.312 e. The number of primary amides is 1. The molecule has 4 N–H and O–H groups in total. The molecule has 1 heterocycles. The Morgan fingerprint density at radius 2 is 1.72 bits per heavy atom. The molecule has 1 atom stereocenters. The number of carbonyl (C=O) groups is 2. The van der Waals surface area contributed by atoms with Crippen LogP contribution in [0.2, 0.25) is 5.02 Å². The normalized spacial score (nSPS) is 11.8. The van der Waals surface area contributed by atoms with Crippen LogP contribution in [-0.2, 0) is 11.2 Å². The minimum Gasteiger partial charge on any atom is -0.352 e. The lowest BCUT2D eigenvalue weighted by molar-refractivity contribution is -0.116. The van der Waals surface area contributed by atoms with Crippen LogP contribution < -0.4 is 16.4 Å². The van der Waals surface area contributed by atoms with Crippen LogP contribution in [0.15, 0.2) is 72.8 Å². The van der Waals surface area contributed by atoms with Gasteiger partial charge in [-0.05, 0) is 47.5 Å². The number of para-hydroxylation sites is 1. The highest BCUT2D eigenvalue weighted by atomic mass is 35.5. The van der Waals surface area contributed by atoms with Gasteiger partial charge in [0.1, 0.15) is 0 Å². The standard InChI is InChI=1S/C24H21ClN4O2S/c25-17-9-7-16(8-10-17)20(29-24(26)31)14-22(30)27-18-11-5-15(6-12-18)13-23-28-19-3-1-2-4-21(19)32-23/h1-12,20H,13-14H2,(H,27,30)(H3,26,29,31)/t20-/m1/s1. The third-order valence-electron chi connectivity index (χ3n) is 4.91. The second kappa shape index (κ2) is 9.80. The molecule has 8 heteroatoms. The Bertz CT molecular complexity index is 1210. The predicted octanol–water partition coefficient (Wildman–Crippen LogP) is 5.28. The van der Waals surface area contributed by atoms with Crippen LogP contribution in [0.3, 0.4) is 0 Å². The van der Waals surface area contributed by atoms with E-state index >= 15 is 0 Å². The smallest absolute Gasteiger partial charge is 0.312 e. The first-order valence-electron chi connectivity index (χ1n) is 10.0. The number of anilines is 1. The van der Waals surface area contributed by atoms with Gasteiger partial charge in [0.05, 0.1) is 27.7 Å². The zero-order valence-electron chi connectivity index (χ0n) is 17.0. The van der Waals surface area contributed by atoms with E-state index < -0.39 is 12.1 Å². The lowest BCUT2D eigenvalue weighted by atomic mass is 10.0. The number of urea groups is 1. The molecule has 0 aliphatic rings. The summed E-state index contributed by atoms with van der Waals surface area (Å²) in [5.74, 6) is -0.238. The van der Waals surface area contributed by atoms with E-state index in [1.165, 1.54) is 4.70 Å². The van der Waals surface area contributed by atoms with E-state index in [-0.39, 0.29) is 12.3 Å². The van der Waals surface area contributed by atoms with E-state index in [1.54, 1.807) is 35.6 Å². The zero-order chi connectivity index (χ0) is 22.5. The van der Waals surface area contributed by atoms with Crippen molar-refractivity contribution in [3.8, 4) is 0 Å². The molecule has 4 aromatic rings. The van der Waals surface area contributed by atoms with Crippen LogP contribution in [0.4, 0.5) is 10.5 Å². The van der Waals surface area contributed by atoms with Crippen LogP contribution in [0.25, 0.3) is 10.2 Å². The van der Waals surface area contributed by atoms with Crippen LogP contribution in [0.5, 0.6) is 0 Å². The highest BCUT2D eigenvalue weighted by Crippen LogP contribution is 2.24. The molecule has 32 heavy (non-hydrogen) atoms. The van der Waals surface area contributed by atoms with Gasteiger partial charge < -0.3 is 16.4 Å². The SMILES string of the molecule is NC(=O)N[C@H](CC(=O)Nc1ccc(Cc2nc3ccccc3s2)cc1)c1ccc(Cl)cc1. The van der Waals surface area contributed by atoms with Gasteiger partial charge >= 0.3 is 6.03 Å². The minimum absolute atomic E-state index is 0.0397. The second-order valence-electron chi connectivity index (χ2n) is 7.31. The first-order chi connectivity index (χ1) is 15.5. The Hall–Kier alpha value is -3.42. The third kappa shape index (κ3) is 5.63. The summed E-state index contributed by atoms with van der Waals surface area (Å²) < 4.78 is 1.17. The number of nitrogens with one attached hydrogen (secondary N) is 2. The molecule has 0 bridgehead atoms. The van der Waals surface area contributed by atoms with E-state index in [0.29, 0.717) is 10.7 Å². The molecule has 3 aromatic carbocycles. The molecule has 0 aliphatic heterocycles. The van der Waals surface area contributed by atoms with Crippen LogP contribution >= 0.6 is 22.9 Å².